The van der Waals surface area contributed by atoms with Crippen LogP contribution in [0.15, 0.2) is 65.2 Å². The number of carbonyl (C=O) groups excluding carboxylic acids is 1. The third-order valence-electron chi connectivity index (χ3n) is 9.45. The zero-order valence-corrected chi connectivity index (χ0v) is 26.4. The van der Waals surface area contributed by atoms with Crippen molar-refractivity contribution in [2.24, 2.45) is 5.92 Å². The van der Waals surface area contributed by atoms with Gasteiger partial charge in [0.1, 0.15) is 23.8 Å². The smallest absolute Gasteiger partial charge is 0.264 e. The molecule has 11 heteroatoms. The number of nitrogens with one attached hydrogen (secondary N) is 1. The summed E-state index contributed by atoms with van der Waals surface area (Å²) in [6.45, 7) is 0.236. The Morgan fingerprint density at radius 3 is 2.34 bits per heavy atom. The maximum absolute atomic E-state index is 12.5. The highest BCUT2D eigenvalue weighted by Crippen LogP contribution is 2.84. The number of hydrogen-bond acceptors (Lipinski definition) is 6. The van der Waals surface area contributed by atoms with Crippen LogP contribution in [0.2, 0.25) is 15.1 Å². The highest BCUT2D eigenvalue weighted by molar-refractivity contribution is 7.91. The first-order valence-corrected chi connectivity index (χ1v) is 17.4. The maximum Gasteiger partial charge on any atom is 0.264 e. The molecule has 44 heavy (non-hydrogen) atoms. The first kappa shape index (κ1) is 28.4. The molecule has 4 aromatic rings. The quantitative estimate of drug-likeness (QED) is 0.184. The number of rotatable bonds is 10. The van der Waals surface area contributed by atoms with E-state index in [2.05, 4.69) is 9.88 Å². The molecule has 8 rings (SSSR count). The summed E-state index contributed by atoms with van der Waals surface area (Å²) >= 11 is 19.8. The van der Waals surface area contributed by atoms with Gasteiger partial charge in [-0.15, -0.1) is 0 Å². The zero-order chi connectivity index (χ0) is 30.4. The van der Waals surface area contributed by atoms with E-state index in [1.165, 1.54) is 0 Å². The third kappa shape index (κ3) is 4.82. The van der Waals surface area contributed by atoms with E-state index in [9.17, 15) is 13.2 Å². The van der Waals surface area contributed by atoms with E-state index in [1.54, 1.807) is 30.3 Å². The second-order valence-electron chi connectivity index (χ2n) is 12.3. The Morgan fingerprint density at radius 2 is 1.70 bits per heavy atom. The molecule has 1 amide bonds. The second kappa shape index (κ2) is 10.2. The predicted molar refractivity (Wildman–Crippen MR) is 168 cm³/mol. The number of benzene rings is 3. The van der Waals surface area contributed by atoms with Crippen LogP contribution in [0, 0.1) is 5.92 Å². The fraction of sp³-hybridized carbons (Fsp3) is 0.333. The monoisotopic (exact) mass is 668 g/mol. The summed E-state index contributed by atoms with van der Waals surface area (Å²) in [5, 5.41) is 5.53. The first-order valence-electron chi connectivity index (χ1n) is 14.7. The Labute approximate surface area is 269 Å². The summed E-state index contributed by atoms with van der Waals surface area (Å²) in [7, 11) is -3.59. The van der Waals surface area contributed by atoms with Crippen molar-refractivity contribution in [2.45, 2.75) is 61.2 Å². The molecule has 7 nitrogen and oxygen atoms in total. The molecule has 4 aliphatic rings. The van der Waals surface area contributed by atoms with Gasteiger partial charge < -0.3 is 9.26 Å². The summed E-state index contributed by atoms with van der Waals surface area (Å²) < 4.78 is 38.5. The van der Waals surface area contributed by atoms with Crippen LogP contribution in [-0.2, 0) is 22.0 Å². The summed E-state index contributed by atoms with van der Waals surface area (Å²) in [6.07, 6.45) is 4.34. The van der Waals surface area contributed by atoms with Crippen LogP contribution in [0.5, 0.6) is 5.75 Å². The summed E-state index contributed by atoms with van der Waals surface area (Å²) in [4.78, 5) is 12.5. The molecule has 4 aliphatic carbocycles. The molecule has 0 spiro atoms. The molecule has 1 aromatic heterocycles. The average molecular weight is 670 g/mol. The summed E-state index contributed by atoms with van der Waals surface area (Å²) in [5.41, 5.74) is 4.61. The lowest BCUT2D eigenvalue weighted by Gasteiger charge is -2.16. The third-order valence-corrected chi connectivity index (χ3v) is 12.2. The fourth-order valence-corrected chi connectivity index (χ4v) is 8.71. The standard InChI is InChI=1S/C33H27Cl3N2O5S/c34-25-2-1-3-26(35)28(25)30-23(31(43-37-30)17-4-5-17)16-42-20-10-13-22(27(36)14-20)29-24-15-33(24,29)19-8-6-18(7-9-19)32(39)38-44(40,41)21-11-12-21/h1-3,6-10,13-14,17,21,24,29H,4-5,11-12,15-16H2,(H,38,39)/t24?,29-,33-/m1/s1. The van der Waals surface area contributed by atoms with E-state index >= 15 is 0 Å². The minimum absolute atomic E-state index is 0.00581. The van der Waals surface area contributed by atoms with Gasteiger partial charge in [0.25, 0.3) is 5.91 Å². The summed E-state index contributed by atoms with van der Waals surface area (Å²) in [5.74, 6) is 1.95. The van der Waals surface area contributed by atoms with Crippen LogP contribution in [0.25, 0.3) is 11.3 Å². The number of sulfonamides is 1. The molecule has 4 fully saturated rings. The van der Waals surface area contributed by atoms with Crippen molar-refractivity contribution in [3.63, 3.8) is 0 Å². The number of amides is 1. The van der Waals surface area contributed by atoms with Gasteiger partial charge in [-0.25, -0.2) is 13.1 Å². The van der Waals surface area contributed by atoms with E-state index in [0.29, 0.717) is 62.3 Å². The van der Waals surface area contributed by atoms with E-state index in [-0.39, 0.29) is 17.9 Å². The molecule has 1 unspecified atom stereocenters. The van der Waals surface area contributed by atoms with Gasteiger partial charge in [0, 0.05) is 27.5 Å². The van der Waals surface area contributed by atoms with E-state index < -0.39 is 21.2 Å². The lowest BCUT2D eigenvalue weighted by Crippen LogP contribution is -2.33. The van der Waals surface area contributed by atoms with Crippen molar-refractivity contribution in [3.8, 4) is 17.0 Å². The topological polar surface area (TPSA) is 98.5 Å². The molecule has 4 saturated carbocycles. The van der Waals surface area contributed by atoms with Gasteiger partial charge >= 0.3 is 0 Å². The Bertz CT molecular complexity index is 1910. The van der Waals surface area contributed by atoms with Crippen LogP contribution in [0.3, 0.4) is 0 Å². The fourth-order valence-electron chi connectivity index (χ4n) is 6.55. The van der Waals surface area contributed by atoms with Crippen LogP contribution in [0.4, 0.5) is 0 Å². The van der Waals surface area contributed by atoms with Crippen LogP contribution < -0.4 is 9.46 Å². The normalized spacial score (nSPS) is 23.6. The lowest BCUT2D eigenvalue weighted by atomic mass is 9.91. The Kier molecular flexibility index (Phi) is 6.62. The van der Waals surface area contributed by atoms with Crippen LogP contribution in [0.1, 0.15) is 76.7 Å². The molecule has 0 radical (unpaired) electrons. The molecular weight excluding hydrogens is 643 g/mol. The molecule has 226 valence electrons. The van der Waals surface area contributed by atoms with E-state index in [4.69, 9.17) is 44.1 Å². The van der Waals surface area contributed by atoms with Crippen molar-refractivity contribution in [1.82, 2.24) is 9.88 Å². The minimum atomic E-state index is -3.59. The number of fused-ring (bicyclic) bond motifs is 1. The van der Waals surface area contributed by atoms with Gasteiger partial charge in [0.05, 0.1) is 20.9 Å². The zero-order valence-electron chi connectivity index (χ0n) is 23.4. The van der Waals surface area contributed by atoms with Crippen molar-refractivity contribution in [2.75, 3.05) is 0 Å². The number of carbonyl (C=O) groups is 1. The molecule has 1 heterocycles. The average Bonchev–Trinajstić information content (AvgIpc) is 3.82. The molecule has 0 bridgehead atoms. The Balaban J connectivity index is 0.971. The van der Waals surface area contributed by atoms with Gasteiger partial charge in [-0.2, -0.15) is 0 Å². The van der Waals surface area contributed by atoms with Crippen LogP contribution >= 0.6 is 34.8 Å². The van der Waals surface area contributed by atoms with E-state index in [0.717, 1.165) is 41.7 Å². The van der Waals surface area contributed by atoms with Crippen molar-refractivity contribution in [1.29, 1.82) is 0 Å². The van der Waals surface area contributed by atoms with Gasteiger partial charge in [-0.05, 0) is 91.5 Å². The largest absolute Gasteiger partial charge is 0.489 e. The van der Waals surface area contributed by atoms with Gasteiger partial charge in [0.2, 0.25) is 10.0 Å². The highest BCUT2D eigenvalue weighted by Gasteiger charge is 2.79. The SMILES string of the molecule is O=C(NS(=O)(=O)C1CC1)c1ccc([C@]23CC2[C@H]3c2ccc(OCc3c(-c4c(Cl)cccc4Cl)noc3C3CC3)cc2Cl)cc1. The number of nitrogens with zero attached hydrogens (tertiary/aromatic N) is 1. The molecule has 1 N–H and O–H groups in total. The molecule has 3 atom stereocenters. The predicted octanol–water partition coefficient (Wildman–Crippen LogP) is 8.04. The van der Waals surface area contributed by atoms with Gasteiger partial charge in [-0.3, -0.25) is 4.79 Å². The number of halogens is 3. The van der Waals surface area contributed by atoms with Gasteiger partial charge in [0.15, 0.2) is 0 Å². The molecule has 3 aromatic carbocycles. The Hall–Kier alpha value is -3.04. The second-order valence-corrected chi connectivity index (χ2v) is 15.5. The minimum Gasteiger partial charge on any atom is -0.489 e. The van der Waals surface area contributed by atoms with Crippen molar-refractivity contribution in [3.05, 3.63) is 104 Å². The van der Waals surface area contributed by atoms with Crippen LogP contribution in [-0.4, -0.2) is 24.7 Å². The van der Waals surface area contributed by atoms with Crippen molar-refractivity contribution < 1.29 is 22.5 Å². The number of ether oxygens (including phenoxy) is 1. The number of hydrogen-bond donors (Lipinski definition) is 1. The van der Waals surface area contributed by atoms with Gasteiger partial charge in [-0.1, -0.05) is 64.2 Å². The Morgan fingerprint density at radius 1 is 0.977 bits per heavy atom. The van der Waals surface area contributed by atoms with E-state index in [1.807, 2.05) is 30.3 Å². The first-order chi connectivity index (χ1) is 21.2. The molecule has 0 saturated heterocycles. The number of aromatic nitrogens is 1. The molecule has 0 aliphatic heterocycles. The summed E-state index contributed by atoms with van der Waals surface area (Å²) in [6, 6.07) is 18.4. The maximum atomic E-state index is 12.5. The van der Waals surface area contributed by atoms with Crippen molar-refractivity contribution >= 4 is 50.7 Å². The molecular formula is C33H27Cl3N2O5S. The highest BCUT2D eigenvalue weighted by atomic mass is 35.5. The lowest BCUT2D eigenvalue weighted by molar-refractivity contribution is 0.0981.